The van der Waals surface area contributed by atoms with E-state index in [1.165, 1.54) is 12.7 Å². The third kappa shape index (κ3) is 3.20. The molecule has 0 aromatic heterocycles. The van der Waals surface area contributed by atoms with Gasteiger partial charge in [-0.25, -0.2) is 8.42 Å². The van der Waals surface area contributed by atoms with E-state index in [1.807, 2.05) is 0 Å². The van der Waals surface area contributed by atoms with Crippen LogP contribution in [0.3, 0.4) is 0 Å². The van der Waals surface area contributed by atoms with Gasteiger partial charge in [-0.15, -0.1) is 0 Å². The summed E-state index contributed by atoms with van der Waals surface area (Å²) in [7, 11) is -2.80. The highest BCUT2D eigenvalue weighted by atomic mass is 32.2. The zero-order valence-electron chi connectivity index (χ0n) is 10.4. The highest BCUT2D eigenvalue weighted by molar-refractivity contribution is 7.91. The van der Waals surface area contributed by atoms with Crippen molar-refractivity contribution in [2.75, 3.05) is 6.26 Å². The molecular formula is C12H24O2S. The third-order valence-corrected chi connectivity index (χ3v) is 5.98. The topological polar surface area (TPSA) is 34.1 Å². The average Bonchev–Trinajstić information content (AvgIpc) is 2.17. The molecule has 1 fully saturated rings. The van der Waals surface area contributed by atoms with Gasteiger partial charge in [0.05, 0.1) is 5.25 Å². The van der Waals surface area contributed by atoms with Crippen LogP contribution in [0.1, 0.15) is 52.9 Å². The van der Waals surface area contributed by atoms with Gasteiger partial charge in [0.15, 0.2) is 0 Å². The average molecular weight is 232 g/mol. The molecule has 0 unspecified atom stereocenters. The highest BCUT2D eigenvalue weighted by Crippen LogP contribution is 2.41. The Balaban J connectivity index is 2.57. The second-order valence-electron chi connectivity index (χ2n) is 5.65. The lowest BCUT2D eigenvalue weighted by atomic mass is 9.70. The summed E-state index contributed by atoms with van der Waals surface area (Å²) in [5.74, 6) is 0.709. The molecule has 0 amide bonds. The Hall–Kier alpha value is -0.0500. The van der Waals surface area contributed by atoms with Crippen molar-refractivity contribution < 1.29 is 8.42 Å². The molecule has 15 heavy (non-hydrogen) atoms. The maximum Gasteiger partial charge on any atom is 0.150 e. The number of sulfone groups is 1. The molecular weight excluding hydrogens is 208 g/mol. The summed E-state index contributed by atoms with van der Waals surface area (Å²) in [6.45, 7) is 6.83. The fraction of sp³-hybridized carbons (Fsp3) is 1.00. The van der Waals surface area contributed by atoms with Crippen molar-refractivity contribution in [2.45, 2.75) is 58.1 Å². The van der Waals surface area contributed by atoms with E-state index in [-0.39, 0.29) is 5.25 Å². The van der Waals surface area contributed by atoms with Crippen LogP contribution in [0.15, 0.2) is 0 Å². The van der Waals surface area contributed by atoms with Gasteiger partial charge in [0.2, 0.25) is 0 Å². The van der Waals surface area contributed by atoms with E-state index in [0.717, 1.165) is 25.7 Å². The zero-order chi connectivity index (χ0) is 11.7. The summed E-state index contributed by atoms with van der Waals surface area (Å²) in [5, 5.41) is -0.0681. The van der Waals surface area contributed by atoms with Gasteiger partial charge in [-0.05, 0) is 37.0 Å². The Labute approximate surface area is 94.4 Å². The SMILES string of the molecule is CCC(C)(C)C1CCC(S(C)(=O)=O)CC1. The Morgan fingerprint density at radius 3 is 1.93 bits per heavy atom. The van der Waals surface area contributed by atoms with Crippen LogP contribution in [0.2, 0.25) is 0 Å². The summed E-state index contributed by atoms with van der Waals surface area (Å²) >= 11 is 0. The van der Waals surface area contributed by atoms with E-state index in [2.05, 4.69) is 20.8 Å². The first-order valence-electron chi connectivity index (χ1n) is 5.96. The molecule has 0 N–H and O–H groups in total. The van der Waals surface area contributed by atoms with Crippen molar-refractivity contribution >= 4 is 9.84 Å². The summed E-state index contributed by atoms with van der Waals surface area (Å²) in [5.41, 5.74) is 0.377. The second kappa shape index (κ2) is 4.44. The lowest BCUT2D eigenvalue weighted by molar-refractivity contribution is 0.153. The first-order valence-corrected chi connectivity index (χ1v) is 7.91. The zero-order valence-corrected chi connectivity index (χ0v) is 11.2. The normalized spacial score (nSPS) is 29.1. The highest BCUT2D eigenvalue weighted by Gasteiger charge is 2.34. The predicted octanol–water partition coefficient (Wildman–Crippen LogP) is 3.03. The number of hydrogen-bond acceptors (Lipinski definition) is 2. The molecule has 0 saturated heterocycles. The summed E-state index contributed by atoms with van der Waals surface area (Å²) in [6, 6.07) is 0. The number of rotatable bonds is 3. The Morgan fingerprint density at radius 1 is 1.13 bits per heavy atom. The Bertz CT molecular complexity index is 296. The molecule has 1 saturated carbocycles. The van der Waals surface area contributed by atoms with E-state index in [4.69, 9.17) is 0 Å². The third-order valence-electron chi connectivity index (χ3n) is 4.30. The van der Waals surface area contributed by atoms with Crippen LogP contribution in [0.5, 0.6) is 0 Å². The molecule has 0 radical (unpaired) electrons. The monoisotopic (exact) mass is 232 g/mol. The lowest BCUT2D eigenvalue weighted by Crippen LogP contribution is -2.32. The first kappa shape index (κ1) is 13.0. The minimum Gasteiger partial charge on any atom is -0.229 e. The van der Waals surface area contributed by atoms with E-state index >= 15 is 0 Å². The fourth-order valence-corrected chi connectivity index (χ4v) is 3.69. The molecule has 0 aliphatic heterocycles. The maximum atomic E-state index is 11.4. The molecule has 0 heterocycles. The van der Waals surface area contributed by atoms with Crippen molar-refractivity contribution in [3.8, 4) is 0 Å². The van der Waals surface area contributed by atoms with Crippen LogP contribution in [-0.4, -0.2) is 19.9 Å². The lowest BCUT2D eigenvalue weighted by Gasteiger charge is -2.38. The minimum absolute atomic E-state index is 0.0681. The van der Waals surface area contributed by atoms with Gasteiger partial charge in [0, 0.05) is 6.26 Å². The van der Waals surface area contributed by atoms with E-state index in [1.54, 1.807) is 0 Å². The van der Waals surface area contributed by atoms with Gasteiger partial charge in [0.1, 0.15) is 9.84 Å². The molecule has 0 aromatic rings. The quantitative estimate of drug-likeness (QED) is 0.749. The van der Waals surface area contributed by atoms with Crippen molar-refractivity contribution in [3.63, 3.8) is 0 Å². The maximum absolute atomic E-state index is 11.4. The van der Waals surface area contributed by atoms with Crippen molar-refractivity contribution in [1.29, 1.82) is 0 Å². The van der Waals surface area contributed by atoms with E-state index < -0.39 is 9.84 Å². The standard InChI is InChI=1S/C12H24O2S/c1-5-12(2,3)10-6-8-11(9-7-10)15(4,13)14/h10-11H,5-9H2,1-4H3. The van der Waals surface area contributed by atoms with Crippen LogP contribution in [0.25, 0.3) is 0 Å². The van der Waals surface area contributed by atoms with Gasteiger partial charge >= 0.3 is 0 Å². The van der Waals surface area contributed by atoms with E-state index in [0.29, 0.717) is 11.3 Å². The molecule has 0 spiro atoms. The molecule has 0 atom stereocenters. The molecule has 2 nitrogen and oxygen atoms in total. The van der Waals surface area contributed by atoms with Crippen molar-refractivity contribution in [1.82, 2.24) is 0 Å². The van der Waals surface area contributed by atoms with E-state index in [9.17, 15) is 8.42 Å². The van der Waals surface area contributed by atoms with Gasteiger partial charge in [-0.2, -0.15) is 0 Å². The summed E-state index contributed by atoms with van der Waals surface area (Å²) < 4.78 is 22.8. The van der Waals surface area contributed by atoms with Crippen LogP contribution >= 0.6 is 0 Å². The molecule has 90 valence electrons. The molecule has 3 heteroatoms. The van der Waals surface area contributed by atoms with Crippen LogP contribution in [-0.2, 0) is 9.84 Å². The predicted molar refractivity (Wildman–Crippen MR) is 64.7 cm³/mol. The first-order chi connectivity index (χ1) is 6.77. The molecule has 0 aromatic carbocycles. The van der Waals surface area contributed by atoms with Crippen LogP contribution in [0, 0.1) is 11.3 Å². The van der Waals surface area contributed by atoms with Crippen LogP contribution < -0.4 is 0 Å². The molecule has 0 bridgehead atoms. The van der Waals surface area contributed by atoms with Crippen molar-refractivity contribution in [3.05, 3.63) is 0 Å². The largest absolute Gasteiger partial charge is 0.229 e. The minimum atomic E-state index is -2.80. The van der Waals surface area contributed by atoms with Gasteiger partial charge in [0.25, 0.3) is 0 Å². The Morgan fingerprint density at radius 2 is 1.60 bits per heavy atom. The fourth-order valence-electron chi connectivity index (χ4n) is 2.56. The second-order valence-corrected chi connectivity index (χ2v) is 7.97. The van der Waals surface area contributed by atoms with Gasteiger partial charge in [-0.3, -0.25) is 0 Å². The van der Waals surface area contributed by atoms with Crippen molar-refractivity contribution in [2.24, 2.45) is 11.3 Å². The van der Waals surface area contributed by atoms with Gasteiger partial charge in [-0.1, -0.05) is 27.2 Å². The molecule has 1 aliphatic carbocycles. The number of hydrogen-bond donors (Lipinski definition) is 0. The van der Waals surface area contributed by atoms with Crippen LogP contribution in [0.4, 0.5) is 0 Å². The Kier molecular flexibility index (Phi) is 3.85. The smallest absolute Gasteiger partial charge is 0.150 e. The summed E-state index contributed by atoms with van der Waals surface area (Å²) in [4.78, 5) is 0. The molecule has 1 rings (SSSR count). The van der Waals surface area contributed by atoms with Gasteiger partial charge < -0.3 is 0 Å². The summed E-state index contributed by atoms with van der Waals surface area (Å²) in [6.07, 6.45) is 6.46. The molecule has 1 aliphatic rings.